The number of nitrogen functional groups attached to an aromatic ring is 1. The SMILES string of the molecule is Nc1ccc(O)cc1CNC(Cc1ccccc1)C(=O)O. The molecule has 0 aliphatic carbocycles. The largest absolute Gasteiger partial charge is 0.508 e. The van der Waals surface area contributed by atoms with E-state index in [4.69, 9.17) is 5.73 Å². The summed E-state index contributed by atoms with van der Waals surface area (Å²) in [4.78, 5) is 11.3. The molecule has 0 saturated heterocycles. The zero-order valence-corrected chi connectivity index (χ0v) is 11.5. The van der Waals surface area contributed by atoms with Crippen LogP contribution in [0.3, 0.4) is 0 Å². The van der Waals surface area contributed by atoms with E-state index in [1.54, 1.807) is 6.07 Å². The van der Waals surface area contributed by atoms with Crippen molar-refractivity contribution in [2.75, 3.05) is 5.73 Å². The van der Waals surface area contributed by atoms with Crippen molar-refractivity contribution in [2.24, 2.45) is 0 Å². The Labute approximate surface area is 123 Å². The van der Waals surface area contributed by atoms with Crippen LogP contribution in [0, 0.1) is 0 Å². The first-order valence-electron chi connectivity index (χ1n) is 6.63. The molecule has 0 aromatic heterocycles. The normalized spacial score (nSPS) is 12.0. The summed E-state index contributed by atoms with van der Waals surface area (Å²) in [6, 6.07) is 13.3. The lowest BCUT2D eigenvalue weighted by molar-refractivity contribution is -0.139. The minimum absolute atomic E-state index is 0.107. The van der Waals surface area contributed by atoms with E-state index in [2.05, 4.69) is 5.32 Å². The maximum absolute atomic E-state index is 11.3. The molecule has 2 rings (SSSR count). The lowest BCUT2D eigenvalue weighted by Crippen LogP contribution is -2.38. The fraction of sp³-hybridized carbons (Fsp3) is 0.188. The molecule has 21 heavy (non-hydrogen) atoms. The molecule has 0 amide bonds. The summed E-state index contributed by atoms with van der Waals surface area (Å²) in [5, 5.41) is 21.7. The Bertz CT molecular complexity index is 614. The molecule has 0 fully saturated rings. The van der Waals surface area contributed by atoms with Gasteiger partial charge in [-0.25, -0.2) is 0 Å². The summed E-state index contributed by atoms with van der Waals surface area (Å²) in [7, 11) is 0. The van der Waals surface area contributed by atoms with Gasteiger partial charge < -0.3 is 15.9 Å². The Hall–Kier alpha value is -2.53. The van der Waals surface area contributed by atoms with Gasteiger partial charge >= 0.3 is 5.97 Å². The molecule has 2 aromatic rings. The fourth-order valence-electron chi connectivity index (χ4n) is 2.07. The second-order valence-corrected chi connectivity index (χ2v) is 4.84. The van der Waals surface area contributed by atoms with Crippen molar-refractivity contribution in [2.45, 2.75) is 19.0 Å². The number of carbonyl (C=O) groups is 1. The van der Waals surface area contributed by atoms with Gasteiger partial charge in [-0.15, -0.1) is 0 Å². The Morgan fingerprint density at radius 2 is 1.90 bits per heavy atom. The zero-order valence-electron chi connectivity index (χ0n) is 11.5. The van der Waals surface area contributed by atoms with Crippen LogP contribution in [0.25, 0.3) is 0 Å². The number of carboxylic acid groups (broad SMARTS) is 1. The topological polar surface area (TPSA) is 95.6 Å². The number of benzene rings is 2. The molecule has 0 aliphatic heterocycles. The summed E-state index contributed by atoms with van der Waals surface area (Å²) < 4.78 is 0. The van der Waals surface area contributed by atoms with E-state index in [-0.39, 0.29) is 12.3 Å². The molecule has 0 saturated carbocycles. The molecule has 0 heterocycles. The quantitative estimate of drug-likeness (QED) is 0.479. The summed E-state index contributed by atoms with van der Waals surface area (Å²) in [6.07, 6.45) is 0.384. The lowest BCUT2D eigenvalue weighted by Gasteiger charge is -2.15. The minimum Gasteiger partial charge on any atom is -0.508 e. The summed E-state index contributed by atoms with van der Waals surface area (Å²) >= 11 is 0. The van der Waals surface area contributed by atoms with Crippen molar-refractivity contribution in [3.05, 3.63) is 59.7 Å². The van der Waals surface area contributed by atoms with Gasteiger partial charge in [0, 0.05) is 12.2 Å². The molecule has 0 bridgehead atoms. The first kappa shape index (κ1) is 14.9. The standard InChI is InChI=1S/C16H18N2O3/c17-14-7-6-13(19)9-12(14)10-18-15(16(20)21)8-11-4-2-1-3-5-11/h1-7,9,15,18-19H,8,10,17H2,(H,20,21). The van der Waals surface area contributed by atoms with E-state index in [0.29, 0.717) is 17.7 Å². The van der Waals surface area contributed by atoms with Crippen LogP contribution >= 0.6 is 0 Å². The van der Waals surface area contributed by atoms with Gasteiger partial charge in [-0.3, -0.25) is 10.1 Å². The van der Waals surface area contributed by atoms with Crippen LogP contribution < -0.4 is 11.1 Å². The van der Waals surface area contributed by atoms with Gasteiger partial charge in [-0.1, -0.05) is 30.3 Å². The average Bonchev–Trinajstić information content (AvgIpc) is 2.47. The molecule has 110 valence electrons. The maximum Gasteiger partial charge on any atom is 0.321 e. The highest BCUT2D eigenvalue weighted by Gasteiger charge is 2.17. The van der Waals surface area contributed by atoms with Crippen molar-refractivity contribution in [1.29, 1.82) is 0 Å². The molecule has 1 atom stereocenters. The van der Waals surface area contributed by atoms with Crippen molar-refractivity contribution in [1.82, 2.24) is 5.32 Å². The first-order chi connectivity index (χ1) is 10.1. The number of hydrogen-bond donors (Lipinski definition) is 4. The van der Waals surface area contributed by atoms with E-state index in [1.165, 1.54) is 12.1 Å². The number of anilines is 1. The van der Waals surface area contributed by atoms with E-state index in [1.807, 2.05) is 30.3 Å². The van der Waals surface area contributed by atoms with Crippen LogP contribution in [-0.4, -0.2) is 22.2 Å². The third-order valence-corrected chi connectivity index (χ3v) is 3.25. The van der Waals surface area contributed by atoms with Gasteiger partial charge in [-0.2, -0.15) is 0 Å². The monoisotopic (exact) mass is 286 g/mol. The number of nitrogens with two attached hydrogens (primary N) is 1. The third-order valence-electron chi connectivity index (χ3n) is 3.25. The lowest BCUT2D eigenvalue weighted by atomic mass is 10.1. The van der Waals surface area contributed by atoms with Gasteiger partial charge in [0.2, 0.25) is 0 Å². The second kappa shape index (κ2) is 6.76. The molecule has 1 unspecified atom stereocenters. The summed E-state index contributed by atoms with van der Waals surface area (Å²) in [5.74, 6) is -0.812. The average molecular weight is 286 g/mol. The maximum atomic E-state index is 11.3. The van der Waals surface area contributed by atoms with Crippen molar-refractivity contribution in [3.8, 4) is 5.75 Å². The number of rotatable bonds is 6. The summed E-state index contributed by atoms with van der Waals surface area (Å²) in [6.45, 7) is 0.282. The molecule has 5 nitrogen and oxygen atoms in total. The molecule has 0 radical (unpaired) electrons. The minimum atomic E-state index is -0.919. The number of aliphatic carboxylic acids is 1. The van der Waals surface area contributed by atoms with Crippen LogP contribution in [0.15, 0.2) is 48.5 Å². The molecule has 0 spiro atoms. The van der Waals surface area contributed by atoms with E-state index in [0.717, 1.165) is 5.56 Å². The smallest absolute Gasteiger partial charge is 0.321 e. The van der Waals surface area contributed by atoms with E-state index >= 15 is 0 Å². The molecular formula is C16H18N2O3. The van der Waals surface area contributed by atoms with Crippen LogP contribution in [0.2, 0.25) is 0 Å². The second-order valence-electron chi connectivity index (χ2n) is 4.84. The number of carboxylic acids is 1. The highest BCUT2D eigenvalue weighted by atomic mass is 16.4. The Morgan fingerprint density at radius 3 is 2.57 bits per heavy atom. The number of nitrogens with one attached hydrogen (secondary N) is 1. The van der Waals surface area contributed by atoms with Crippen molar-refractivity contribution < 1.29 is 15.0 Å². The van der Waals surface area contributed by atoms with E-state index < -0.39 is 12.0 Å². The number of aromatic hydroxyl groups is 1. The van der Waals surface area contributed by atoms with E-state index in [9.17, 15) is 15.0 Å². The van der Waals surface area contributed by atoms with Gasteiger partial charge in [0.25, 0.3) is 0 Å². The number of phenolic OH excluding ortho intramolecular Hbond substituents is 1. The highest BCUT2D eigenvalue weighted by Crippen LogP contribution is 2.18. The molecule has 5 heteroatoms. The predicted molar refractivity (Wildman–Crippen MR) is 80.9 cm³/mol. The molecule has 0 aliphatic rings. The zero-order chi connectivity index (χ0) is 15.2. The number of hydrogen-bond acceptors (Lipinski definition) is 4. The molecule has 2 aromatic carbocycles. The van der Waals surface area contributed by atoms with Crippen LogP contribution in [0.4, 0.5) is 5.69 Å². The van der Waals surface area contributed by atoms with Crippen molar-refractivity contribution >= 4 is 11.7 Å². The molecular weight excluding hydrogens is 268 g/mol. The third kappa shape index (κ3) is 4.22. The van der Waals surface area contributed by atoms with Gasteiger partial charge in [0.1, 0.15) is 11.8 Å². The van der Waals surface area contributed by atoms with Crippen LogP contribution in [0.5, 0.6) is 5.75 Å². The van der Waals surface area contributed by atoms with Gasteiger partial charge in [-0.05, 0) is 35.7 Å². The number of phenols is 1. The van der Waals surface area contributed by atoms with Crippen LogP contribution in [0.1, 0.15) is 11.1 Å². The molecule has 5 N–H and O–H groups in total. The van der Waals surface area contributed by atoms with Crippen molar-refractivity contribution in [3.63, 3.8) is 0 Å². The Balaban J connectivity index is 2.03. The Kier molecular flexibility index (Phi) is 4.79. The van der Waals surface area contributed by atoms with Crippen LogP contribution in [-0.2, 0) is 17.8 Å². The van der Waals surface area contributed by atoms with Gasteiger partial charge in [0.15, 0.2) is 0 Å². The predicted octanol–water partition coefficient (Wildman–Crippen LogP) is 1.76. The van der Waals surface area contributed by atoms with Gasteiger partial charge in [0.05, 0.1) is 0 Å². The Morgan fingerprint density at radius 1 is 1.19 bits per heavy atom. The first-order valence-corrected chi connectivity index (χ1v) is 6.63. The fourth-order valence-corrected chi connectivity index (χ4v) is 2.07. The highest BCUT2D eigenvalue weighted by molar-refractivity contribution is 5.74. The summed E-state index contributed by atoms with van der Waals surface area (Å²) in [5.41, 5.74) is 7.94.